The van der Waals surface area contributed by atoms with E-state index in [0.29, 0.717) is 18.7 Å². The number of hydrogen-bond donors (Lipinski definition) is 0. The fourth-order valence-corrected chi connectivity index (χ4v) is 1.86. The number of halogens is 1. The lowest BCUT2D eigenvalue weighted by Crippen LogP contribution is -2.23. The molecule has 0 fully saturated rings. The van der Waals surface area contributed by atoms with E-state index in [1.165, 1.54) is 19.2 Å². The number of Topliss-reactive ketones (excluding diaryl/α,β-unsaturated/α-hetero) is 1. The van der Waals surface area contributed by atoms with Crippen molar-refractivity contribution in [2.45, 2.75) is 19.8 Å². The van der Waals surface area contributed by atoms with Crippen molar-refractivity contribution in [2.75, 3.05) is 27.2 Å². The van der Waals surface area contributed by atoms with Gasteiger partial charge in [0.05, 0.1) is 12.7 Å². The van der Waals surface area contributed by atoms with Gasteiger partial charge < -0.3 is 9.64 Å². The molecule has 100 valence electrons. The summed E-state index contributed by atoms with van der Waals surface area (Å²) in [5, 5.41) is 0. The maximum absolute atomic E-state index is 13.6. The standard InChI is InChI=1S/C14H20FNO2/c1-4-9-16(2)10-8-12(17)14-11(15)6-5-7-13(14)18-3/h5-7H,4,8-10H2,1-3H3. The molecule has 0 aliphatic carbocycles. The number of ether oxygens (including phenoxy) is 1. The van der Waals surface area contributed by atoms with Gasteiger partial charge in [0, 0.05) is 13.0 Å². The van der Waals surface area contributed by atoms with Crippen molar-refractivity contribution in [3.8, 4) is 5.75 Å². The van der Waals surface area contributed by atoms with Gasteiger partial charge in [0.2, 0.25) is 0 Å². The van der Waals surface area contributed by atoms with Crippen molar-refractivity contribution >= 4 is 5.78 Å². The van der Waals surface area contributed by atoms with Gasteiger partial charge in [0.15, 0.2) is 5.78 Å². The van der Waals surface area contributed by atoms with Crippen molar-refractivity contribution in [3.05, 3.63) is 29.6 Å². The molecule has 0 unspecified atom stereocenters. The van der Waals surface area contributed by atoms with Crippen molar-refractivity contribution in [3.63, 3.8) is 0 Å². The average Bonchev–Trinajstić information content (AvgIpc) is 2.36. The molecule has 0 aliphatic heterocycles. The Bertz CT molecular complexity index is 407. The first-order chi connectivity index (χ1) is 8.60. The van der Waals surface area contributed by atoms with Gasteiger partial charge in [0.25, 0.3) is 0 Å². The summed E-state index contributed by atoms with van der Waals surface area (Å²) in [6.07, 6.45) is 1.33. The van der Waals surface area contributed by atoms with Crippen LogP contribution in [-0.4, -0.2) is 37.9 Å². The molecule has 3 nitrogen and oxygen atoms in total. The Morgan fingerprint density at radius 1 is 1.39 bits per heavy atom. The van der Waals surface area contributed by atoms with E-state index in [1.807, 2.05) is 7.05 Å². The third kappa shape index (κ3) is 3.81. The lowest BCUT2D eigenvalue weighted by molar-refractivity contribution is 0.0962. The molecule has 0 aliphatic rings. The summed E-state index contributed by atoms with van der Waals surface area (Å²) in [5.41, 5.74) is 0.0601. The van der Waals surface area contributed by atoms with Crippen LogP contribution in [-0.2, 0) is 0 Å². The van der Waals surface area contributed by atoms with Gasteiger partial charge >= 0.3 is 0 Å². The Balaban J connectivity index is 2.72. The summed E-state index contributed by atoms with van der Waals surface area (Å²) < 4.78 is 18.7. The van der Waals surface area contributed by atoms with Crippen LogP contribution >= 0.6 is 0 Å². The minimum Gasteiger partial charge on any atom is -0.496 e. The van der Waals surface area contributed by atoms with Crippen LogP contribution in [0.4, 0.5) is 4.39 Å². The number of ketones is 1. The monoisotopic (exact) mass is 253 g/mol. The molecule has 0 aromatic heterocycles. The maximum Gasteiger partial charge on any atom is 0.170 e. The van der Waals surface area contributed by atoms with Crippen LogP contribution in [0.2, 0.25) is 0 Å². The molecule has 0 spiro atoms. The van der Waals surface area contributed by atoms with Crippen LogP contribution in [0.15, 0.2) is 18.2 Å². The molecule has 18 heavy (non-hydrogen) atoms. The summed E-state index contributed by atoms with van der Waals surface area (Å²) >= 11 is 0. The number of methoxy groups -OCH3 is 1. The largest absolute Gasteiger partial charge is 0.496 e. The lowest BCUT2D eigenvalue weighted by Gasteiger charge is -2.15. The first-order valence-corrected chi connectivity index (χ1v) is 6.14. The molecule has 1 aromatic carbocycles. The molecule has 1 rings (SSSR count). The van der Waals surface area contributed by atoms with Gasteiger partial charge in [-0.2, -0.15) is 0 Å². The van der Waals surface area contributed by atoms with E-state index in [1.54, 1.807) is 6.07 Å². The van der Waals surface area contributed by atoms with Gasteiger partial charge in [-0.3, -0.25) is 4.79 Å². The summed E-state index contributed by atoms with van der Waals surface area (Å²) in [6, 6.07) is 4.42. The Morgan fingerprint density at radius 2 is 2.11 bits per heavy atom. The molecular formula is C14H20FNO2. The molecule has 0 amide bonds. The molecule has 0 saturated carbocycles. The Hall–Kier alpha value is -1.42. The van der Waals surface area contributed by atoms with E-state index >= 15 is 0 Å². The molecule has 0 radical (unpaired) electrons. The predicted octanol–water partition coefficient (Wildman–Crippen LogP) is 2.75. The molecular weight excluding hydrogens is 233 g/mol. The molecule has 0 bridgehead atoms. The van der Waals surface area contributed by atoms with E-state index < -0.39 is 5.82 Å². The van der Waals surface area contributed by atoms with Crippen LogP contribution in [0.5, 0.6) is 5.75 Å². The van der Waals surface area contributed by atoms with Gasteiger partial charge in [-0.15, -0.1) is 0 Å². The summed E-state index contributed by atoms with van der Waals surface area (Å²) in [5.74, 6) is -0.427. The number of nitrogens with zero attached hydrogens (tertiary/aromatic N) is 1. The summed E-state index contributed by atoms with van der Waals surface area (Å²) in [6.45, 7) is 3.64. The molecule has 0 saturated heterocycles. The van der Waals surface area contributed by atoms with Crippen LogP contribution < -0.4 is 4.74 Å². The van der Waals surface area contributed by atoms with Crippen molar-refractivity contribution in [1.82, 2.24) is 4.90 Å². The fraction of sp³-hybridized carbons (Fsp3) is 0.500. The first kappa shape index (κ1) is 14.6. The maximum atomic E-state index is 13.6. The first-order valence-electron chi connectivity index (χ1n) is 6.14. The van der Waals surface area contributed by atoms with E-state index in [9.17, 15) is 9.18 Å². The topological polar surface area (TPSA) is 29.5 Å². The molecule has 0 heterocycles. The van der Waals surface area contributed by atoms with Crippen molar-refractivity contribution in [2.24, 2.45) is 0 Å². The quantitative estimate of drug-likeness (QED) is 0.700. The Kier molecular flexibility index (Phi) is 5.78. The summed E-state index contributed by atoms with van der Waals surface area (Å²) in [4.78, 5) is 14.1. The van der Waals surface area contributed by atoms with E-state index in [2.05, 4.69) is 11.8 Å². The second kappa shape index (κ2) is 7.11. The highest BCUT2D eigenvalue weighted by Crippen LogP contribution is 2.22. The highest BCUT2D eigenvalue weighted by molar-refractivity contribution is 5.99. The van der Waals surface area contributed by atoms with Crippen molar-refractivity contribution < 1.29 is 13.9 Å². The third-order valence-corrected chi connectivity index (χ3v) is 2.80. The third-order valence-electron chi connectivity index (χ3n) is 2.80. The van der Waals surface area contributed by atoms with Crippen LogP contribution in [0.25, 0.3) is 0 Å². The van der Waals surface area contributed by atoms with Crippen LogP contribution in [0.1, 0.15) is 30.1 Å². The number of rotatable bonds is 7. The predicted molar refractivity (Wildman–Crippen MR) is 69.7 cm³/mol. The number of carbonyl (C=O) groups excluding carboxylic acids is 1. The molecule has 0 N–H and O–H groups in total. The van der Waals surface area contributed by atoms with E-state index in [4.69, 9.17) is 4.74 Å². The number of hydrogen-bond acceptors (Lipinski definition) is 3. The van der Waals surface area contributed by atoms with E-state index in [-0.39, 0.29) is 11.3 Å². The second-order valence-electron chi connectivity index (χ2n) is 4.29. The van der Waals surface area contributed by atoms with Gasteiger partial charge in [-0.05, 0) is 32.1 Å². The number of benzene rings is 1. The van der Waals surface area contributed by atoms with Crippen LogP contribution in [0, 0.1) is 5.82 Å². The normalized spacial score (nSPS) is 10.7. The van der Waals surface area contributed by atoms with Gasteiger partial charge in [0.1, 0.15) is 11.6 Å². The highest BCUT2D eigenvalue weighted by Gasteiger charge is 2.17. The molecule has 4 heteroatoms. The highest BCUT2D eigenvalue weighted by atomic mass is 19.1. The zero-order chi connectivity index (χ0) is 13.5. The SMILES string of the molecule is CCCN(C)CCC(=O)c1c(F)cccc1OC. The molecule has 1 aromatic rings. The lowest BCUT2D eigenvalue weighted by atomic mass is 10.1. The fourth-order valence-electron chi connectivity index (χ4n) is 1.86. The Morgan fingerprint density at radius 3 is 2.72 bits per heavy atom. The Labute approximate surface area is 108 Å². The van der Waals surface area contributed by atoms with Gasteiger partial charge in [-0.1, -0.05) is 13.0 Å². The van der Waals surface area contributed by atoms with Crippen LogP contribution in [0.3, 0.4) is 0 Å². The summed E-state index contributed by atoms with van der Waals surface area (Å²) in [7, 11) is 3.39. The minimum absolute atomic E-state index is 0.0601. The van der Waals surface area contributed by atoms with Crippen molar-refractivity contribution in [1.29, 1.82) is 0 Å². The van der Waals surface area contributed by atoms with E-state index in [0.717, 1.165) is 13.0 Å². The molecule has 0 atom stereocenters. The zero-order valence-corrected chi connectivity index (χ0v) is 11.2. The zero-order valence-electron chi connectivity index (χ0n) is 11.2. The average molecular weight is 253 g/mol. The number of carbonyl (C=O) groups is 1. The smallest absolute Gasteiger partial charge is 0.170 e. The van der Waals surface area contributed by atoms with Gasteiger partial charge in [-0.25, -0.2) is 4.39 Å². The minimum atomic E-state index is -0.516. The second-order valence-corrected chi connectivity index (χ2v) is 4.29.